The first kappa shape index (κ1) is 19.7. The van der Waals surface area contributed by atoms with E-state index in [-0.39, 0.29) is 12.1 Å². The monoisotopic (exact) mass is 445 g/mol. The predicted octanol–water partition coefficient (Wildman–Crippen LogP) is 3.75. The minimum absolute atomic E-state index is 0.0275. The smallest absolute Gasteiger partial charge is 0.407 e. The number of fused-ring (bicyclic) bond motifs is 3. The van der Waals surface area contributed by atoms with Crippen LogP contribution in [0.5, 0.6) is 5.75 Å². The van der Waals surface area contributed by atoms with E-state index in [1.807, 2.05) is 66.7 Å². The summed E-state index contributed by atoms with van der Waals surface area (Å²) in [5.41, 5.74) is 3.94. The first-order valence-electron chi connectivity index (χ1n) is 10.9. The molecule has 3 fully saturated rings. The van der Waals surface area contributed by atoms with Gasteiger partial charge in [0.2, 0.25) is 0 Å². The number of rotatable bonds is 5. The molecule has 0 saturated carbocycles. The van der Waals surface area contributed by atoms with E-state index in [0.717, 1.165) is 23.2 Å². The van der Waals surface area contributed by atoms with Crippen LogP contribution < -0.4 is 9.64 Å². The van der Waals surface area contributed by atoms with E-state index in [2.05, 4.69) is 5.10 Å². The van der Waals surface area contributed by atoms with Crippen LogP contribution in [-0.2, 0) is 13.7 Å². The van der Waals surface area contributed by atoms with Crippen molar-refractivity contribution in [2.24, 2.45) is 7.05 Å². The number of oxazole rings is 1. The van der Waals surface area contributed by atoms with Crippen molar-refractivity contribution >= 4 is 23.2 Å². The zero-order chi connectivity index (χ0) is 22.5. The topological polar surface area (TPSA) is 96.9 Å². The second-order valence-electron chi connectivity index (χ2n) is 8.57. The molecule has 0 aliphatic carbocycles. The molecule has 3 aliphatic rings. The fraction of sp³-hybridized carbons (Fsp3) is 0.292. The maximum Gasteiger partial charge on any atom is 0.407 e. The average molecular weight is 445 g/mol. The fourth-order valence-electron chi connectivity index (χ4n) is 4.80. The molecule has 2 bridgehead atoms. The van der Waals surface area contributed by atoms with Crippen LogP contribution >= 0.6 is 0 Å². The van der Waals surface area contributed by atoms with Crippen molar-refractivity contribution in [2.75, 3.05) is 18.0 Å². The molecule has 0 radical (unpaired) electrons. The number of piperidine rings is 1. The van der Waals surface area contributed by atoms with Crippen molar-refractivity contribution in [1.82, 2.24) is 19.7 Å². The quantitative estimate of drug-likeness (QED) is 0.500. The molecule has 1 amide bonds. The van der Waals surface area contributed by atoms with Gasteiger partial charge in [-0.1, -0.05) is 30.3 Å². The Bertz CT molecular complexity index is 1320. The molecule has 7 rings (SSSR count). The van der Waals surface area contributed by atoms with Crippen molar-refractivity contribution in [1.29, 1.82) is 0 Å². The van der Waals surface area contributed by atoms with Gasteiger partial charge < -0.3 is 19.2 Å². The van der Waals surface area contributed by atoms with Crippen molar-refractivity contribution in [3.05, 3.63) is 60.3 Å². The minimum atomic E-state index is -0.859. The van der Waals surface area contributed by atoms with E-state index in [1.54, 1.807) is 4.68 Å². The van der Waals surface area contributed by atoms with Gasteiger partial charge in [0.25, 0.3) is 6.01 Å². The third-order valence-electron chi connectivity index (χ3n) is 6.41. The second kappa shape index (κ2) is 7.54. The van der Waals surface area contributed by atoms with Gasteiger partial charge in [0.1, 0.15) is 12.4 Å². The van der Waals surface area contributed by atoms with E-state index >= 15 is 0 Å². The van der Waals surface area contributed by atoms with Gasteiger partial charge in [-0.3, -0.25) is 9.58 Å². The molecular weight excluding hydrogens is 422 g/mol. The summed E-state index contributed by atoms with van der Waals surface area (Å²) in [5.74, 6) is 0.637. The molecule has 3 aliphatic heterocycles. The number of hydrogen-bond donors (Lipinski definition) is 1. The third-order valence-corrected chi connectivity index (χ3v) is 6.41. The van der Waals surface area contributed by atoms with Crippen LogP contribution in [0.1, 0.15) is 12.0 Å². The molecule has 0 spiro atoms. The minimum Gasteiger partial charge on any atom is -0.486 e. The third kappa shape index (κ3) is 3.36. The number of carbonyl (C=O) groups is 1. The van der Waals surface area contributed by atoms with Crippen LogP contribution in [0.2, 0.25) is 0 Å². The molecule has 9 nitrogen and oxygen atoms in total. The zero-order valence-electron chi connectivity index (χ0n) is 18.1. The Morgan fingerprint density at radius 3 is 2.64 bits per heavy atom. The molecule has 168 valence electrons. The number of amides is 1. The lowest BCUT2D eigenvalue weighted by Crippen LogP contribution is -2.70. The number of benzene rings is 2. The van der Waals surface area contributed by atoms with Crippen molar-refractivity contribution in [3.63, 3.8) is 0 Å². The Morgan fingerprint density at radius 1 is 1.15 bits per heavy atom. The highest BCUT2D eigenvalue weighted by Crippen LogP contribution is 2.39. The molecule has 33 heavy (non-hydrogen) atoms. The Labute approximate surface area is 189 Å². The van der Waals surface area contributed by atoms with Crippen molar-refractivity contribution in [3.8, 4) is 17.0 Å². The molecule has 2 aromatic heterocycles. The Balaban J connectivity index is 1.36. The number of ether oxygens (including phenoxy) is 1. The number of nitrogens with zero attached hydrogens (tertiary/aromatic N) is 5. The first-order chi connectivity index (χ1) is 16.1. The maximum absolute atomic E-state index is 11.5. The highest BCUT2D eigenvalue weighted by atomic mass is 16.5. The summed E-state index contributed by atoms with van der Waals surface area (Å²) >= 11 is 0. The van der Waals surface area contributed by atoms with Crippen molar-refractivity contribution in [2.45, 2.75) is 25.1 Å². The lowest BCUT2D eigenvalue weighted by atomic mass is 9.88. The summed E-state index contributed by atoms with van der Waals surface area (Å²) in [7, 11) is 1.87. The van der Waals surface area contributed by atoms with Crippen LogP contribution in [-0.4, -0.2) is 56.0 Å². The lowest BCUT2D eigenvalue weighted by Gasteiger charge is -2.54. The van der Waals surface area contributed by atoms with Gasteiger partial charge in [-0.25, -0.2) is 4.79 Å². The van der Waals surface area contributed by atoms with E-state index in [1.165, 1.54) is 4.90 Å². The van der Waals surface area contributed by atoms with Crippen molar-refractivity contribution < 1.29 is 19.1 Å². The van der Waals surface area contributed by atoms with Gasteiger partial charge in [-0.2, -0.15) is 10.1 Å². The Kier molecular flexibility index (Phi) is 4.49. The number of aromatic nitrogens is 3. The fourth-order valence-corrected chi connectivity index (χ4v) is 4.80. The van der Waals surface area contributed by atoms with Gasteiger partial charge in [0.15, 0.2) is 11.1 Å². The standard InChI is InChI=1S/C24H23N5O4/c1-27-10-9-19(26-27)18-7-8-20(32-14-15-5-3-2-4-6-15)21-22(18)33-23(25-21)28-12-16-11-17(13-28)29(16)24(30)31/h2-10,16-17H,11-14H2,1H3,(H,30,31). The van der Waals surface area contributed by atoms with Gasteiger partial charge in [0.05, 0.1) is 17.8 Å². The first-order valence-corrected chi connectivity index (χ1v) is 10.9. The summed E-state index contributed by atoms with van der Waals surface area (Å²) < 4.78 is 14.2. The van der Waals surface area contributed by atoms with Crippen LogP contribution in [0.4, 0.5) is 10.8 Å². The van der Waals surface area contributed by atoms with E-state index in [4.69, 9.17) is 14.1 Å². The highest BCUT2D eigenvalue weighted by molar-refractivity contribution is 5.94. The predicted molar refractivity (Wildman–Crippen MR) is 121 cm³/mol. The maximum atomic E-state index is 11.5. The Hall–Kier alpha value is -4.01. The number of piperazine rings is 1. The molecular formula is C24H23N5O4. The highest BCUT2D eigenvalue weighted by Gasteiger charge is 2.48. The molecule has 1 N–H and O–H groups in total. The Morgan fingerprint density at radius 2 is 1.94 bits per heavy atom. The molecule has 9 heteroatoms. The van der Waals surface area contributed by atoms with Gasteiger partial charge in [0, 0.05) is 31.9 Å². The summed E-state index contributed by atoms with van der Waals surface area (Å²) in [5, 5.41) is 13.9. The number of aryl methyl sites for hydroxylation is 1. The molecule has 3 saturated heterocycles. The summed E-state index contributed by atoms with van der Waals surface area (Å²) in [4.78, 5) is 19.8. The van der Waals surface area contributed by atoms with Crippen LogP contribution in [0.25, 0.3) is 22.4 Å². The number of hydrogen-bond acceptors (Lipinski definition) is 6. The number of carboxylic acid groups (broad SMARTS) is 1. The molecule has 4 aromatic rings. The summed E-state index contributed by atoms with van der Waals surface area (Å²) in [6.45, 7) is 1.55. The van der Waals surface area contributed by atoms with Gasteiger partial charge in [-0.05, 0) is 30.2 Å². The normalized spacial score (nSPS) is 19.5. The van der Waals surface area contributed by atoms with Crippen LogP contribution in [0.3, 0.4) is 0 Å². The summed E-state index contributed by atoms with van der Waals surface area (Å²) in [6.07, 6.45) is 1.91. The van der Waals surface area contributed by atoms with Crippen LogP contribution in [0.15, 0.2) is 59.1 Å². The molecule has 2 atom stereocenters. The van der Waals surface area contributed by atoms with E-state index < -0.39 is 6.09 Å². The van der Waals surface area contributed by atoms with E-state index in [0.29, 0.717) is 42.6 Å². The zero-order valence-corrected chi connectivity index (χ0v) is 18.1. The molecule has 2 aromatic carbocycles. The average Bonchev–Trinajstić information content (AvgIpc) is 3.45. The lowest BCUT2D eigenvalue weighted by molar-refractivity contribution is 0.0101. The van der Waals surface area contributed by atoms with Gasteiger partial charge in [-0.15, -0.1) is 0 Å². The van der Waals surface area contributed by atoms with Gasteiger partial charge >= 0.3 is 6.09 Å². The largest absolute Gasteiger partial charge is 0.486 e. The SMILES string of the molecule is Cn1ccc(-c2ccc(OCc3ccccc3)c3nc(N4CC5CC(C4)N5C(=O)O)oc23)n1. The number of anilines is 1. The summed E-state index contributed by atoms with van der Waals surface area (Å²) in [6, 6.07) is 16.2. The second-order valence-corrected chi connectivity index (χ2v) is 8.57. The van der Waals surface area contributed by atoms with E-state index in [9.17, 15) is 9.90 Å². The molecule has 5 heterocycles. The molecule has 2 unspecified atom stereocenters. The van der Waals surface area contributed by atoms with Crippen LogP contribution in [0, 0.1) is 0 Å².